The number of nitrogens with one attached hydrogen (secondary N) is 2. The highest BCUT2D eigenvalue weighted by molar-refractivity contribution is 6.32. The molecule has 0 aliphatic carbocycles. The Kier molecular flexibility index (Phi) is 4.18. The molecule has 2 aromatic rings. The number of hydrogen-bond acceptors (Lipinski definition) is 4. The molecule has 100 valence electrons. The van der Waals surface area contributed by atoms with Crippen LogP contribution in [0.4, 0.5) is 11.5 Å². The predicted molar refractivity (Wildman–Crippen MR) is 77.9 cm³/mol. The van der Waals surface area contributed by atoms with E-state index in [4.69, 9.17) is 16.9 Å². The summed E-state index contributed by atoms with van der Waals surface area (Å²) in [5.74, 6) is 0.262. The zero-order valence-corrected chi connectivity index (χ0v) is 11.4. The Hall–Kier alpha value is -2.58. The fourth-order valence-corrected chi connectivity index (χ4v) is 1.80. The second-order valence-corrected chi connectivity index (χ2v) is 4.33. The van der Waals surface area contributed by atoms with Crippen molar-refractivity contribution in [1.29, 1.82) is 5.26 Å². The quantitative estimate of drug-likeness (QED) is 0.909. The molecule has 0 aliphatic rings. The Morgan fingerprint density at radius 3 is 2.80 bits per heavy atom. The van der Waals surface area contributed by atoms with Crippen molar-refractivity contribution in [2.24, 2.45) is 0 Å². The zero-order valence-electron chi connectivity index (χ0n) is 10.6. The van der Waals surface area contributed by atoms with Crippen LogP contribution in [0.25, 0.3) is 0 Å². The lowest BCUT2D eigenvalue weighted by Gasteiger charge is -2.07. The van der Waals surface area contributed by atoms with Crippen LogP contribution in [0.15, 0.2) is 36.4 Å². The number of carbonyl (C=O) groups excluding carboxylic acids is 1. The molecule has 1 aromatic carbocycles. The Morgan fingerprint density at radius 1 is 1.35 bits per heavy atom. The van der Waals surface area contributed by atoms with Crippen LogP contribution in [0.5, 0.6) is 0 Å². The third-order valence-electron chi connectivity index (χ3n) is 2.59. The van der Waals surface area contributed by atoms with Crippen molar-refractivity contribution in [2.75, 3.05) is 17.7 Å². The van der Waals surface area contributed by atoms with Gasteiger partial charge < -0.3 is 10.6 Å². The first-order valence-electron chi connectivity index (χ1n) is 5.80. The molecule has 6 heteroatoms. The highest BCUT2D eigenvalue weighted by atomic mass is 35.5. The molecule has 0 atom stereocenters. The second kappa shape index (κ2) is 6.04. The highest BCUT2D eigenvalue weighted by Gasteiger charge is 2.09. The van der Waals surface area contributed by atoms with Gasteiger partial charge in [0, 0.05) is 12.7 Å². The van der Waals surface area contributed by atoms with Crippen LogP contribution in [0.1, 0.15) is 16.1 Å². The minimum atomic E-state index is -0.345. The number of nitriles is 1. The Labute approximate surface area is 121 Å². The minimum absolute atomic E-state index is 0.289. The number of anilines is 2. The van der Waals surface area contributed by atoms with Gasteiger partial charge in [-0.1, -0.05) is 17.7 Å². The van der Waals surface area contributed by atoms with E-state index >= 15 is 0 Å². The average Bonchev–Trinajstić information content (AvgIpc) is 2.47. The molecule has 2 N–H and O–H groups in total. The number of aromatic nitrogens is 1. The lowest BCUT2D eigenvalue weighted by molar-refractivity contribution is 0.102. The van der Waals surface area contributed by atoms with Crippen LogP contribution in [0.2, 0.25) is 5.02 Å². The summed E-state index contributed by atoms with van der Waals surface area (Å²) in [4.78, 5) is 16.2. The summed E-state index contributed by atoms with van der Waals surface area (Å²) >= 11 is 5.91. The maximum atomic E-state index is 12.0. The first-order chi connectivity index (χ1) is 9.63. The van der Waals surface area contributed by atoms with Gasteiger partial charge in [-0.25, -0.2) is 4.98 Å². The monoisotopic (exact) mass is 286 g/mol. The molecular weight excluding hydrogens is 276 g/mol. The number of benzene rings is 1. The van der Waals surface area contributed by atoms with E-state index in [2.05, 4.69) is 15.6 Å². The third kappa shape index (κ3) is 3.05. The van der Waals surface area contributed by atoms with Crippen molar-refractivity contribution < 1.29 is 4.79 Å². The topological polar surface area (TPSA) is 77.8 Å². The zero-order chi connectivity index (χ0) is 14.5. The lowest BCUT2D eigenvalue weighted by atomic mass is 10.2. The predicted octanol–water partition coefficient (Wildman–Crippen LogP) is 2.90. The molecule has 0 fully saturated rings. The number of halogens is 1. The van der Waals surface area contributed by atoms with Gasteiger partial charge in [0.05, 0.1) is 10.6 Å². The molecule has 0 bridgehead atoms. The molecule has 0 aliphatic heterocycles. The number of amides is 1. The molecule has 0 spiro atoms. The van der Waals surface area contributed by atoms with Crippen molar-refractivity contribution in [1.82, 2.24) is 4.98 Å². The van der Waals surface area contributed by atoms with Gasteiger partial charge in [-0.15, -0.1) is 0 Å². The summed E-state index contributed by atoms with van der Waals surface area (Å²) in [5, 5.41) is 14.6. The van der Waals surface area contributed by atoms with Crippen LogP contribution < -0.4 is 10.6 Å². The maximum Gasteiger partial charge on any atom is 0.274 e. The lowest BCUT2D eigenvalue weighted by Crippen LogP contribution is -2.14. The average molecular weight is 287 g/mol. The molecule has 1 amide bonds. The van der Waals surface area contributed by atoms with Gasteiger partial charge in [-0.05, 0) is 30.3 Å². The molecule has 0 radical (unpaired) electrons. The van der Waals surface area contributed by atoms with E-state index in [9.17, 15) is 4.79 Å². The largest absolute Gasteiger partial charge is 0.373 e. The van der Waals surface area contributed by atoms with Gasteiger partial charge in [-0.2, -0.15) is 5.26 Å². The van der Waals surface area contributed by atoms with Gasteiger partial charge in [0.25, 0.3) is 5.91 Å². The van der Waals surface area contributed by atoms with Crippen molar-refractivity contribution in [3.8, 4) is 6.07 Å². The van der Waals surface area contributed by atoms with E-state index in [-0.39, 0.29) is 11.6 Å². The fourth-order valence-electron chi connectivity index (χ4n) is 1.58. The summed E-state index contributed by atoms with van der Waals surface area (Å²) in [6, 6.07) is 11.8. The third-order valence-corrected chi connectivity index (χ3v) is 2.90. The molecular formula is C14H11ClN4O. The van der Waals surface area contributed by atoms with Gasteiger partial charge in [0.2, 0.25) is 0 Å². The summed E-state index contributed by atoms with van der Waals surface area (Å²) in [7, 11) is 1.73. The Morgan fingerprint density at radius 2 is 2.15 bits per heavy atom. The number of rotatable bonds is 3. The van der Waals surface area contributed by atoms with E-state index in [1.807, 2.05) is 6.07 Å². The second-order valence-electron chi connectivity index (χ2n) is 3.92. The van der Waals surface area contributed by atoms with Crippen LogP contribution >= 0.6 is 11.6 Å². The number of pyridine rings is 1. The Bertz CT molecular complexity index is 694. The van der Waals surface area contributed by atoms with Gasteiger partial charge in [0.1, 0.15) is 17.6 Å². The van der Waals surface area contributed by atoms with E-state index in [1.165, 1.54) is 6.07 Å². The molecule has 0 saturated heterocycles. The molecule has 5 nitrogen and oxygen atoms in total. The summed E-state index contributed by atoms with van der Waals surface area (Å²) < 4.78 is 0. The molecule has 0 unspecified atom stereocenters. The first-order valence-corrected chi connectivity index (χ1v) is 6.17. The normalized spacial score (nSPS) is 9.65. The first kappa shape index (κ1) is 13.8. The highest BCUT2D eigenvalue weighted by Crippen LogP contribution is 2.20. The summed E-state index contributed by atoms with van der Waals surface area (Å²) in [6.07, 6.45) is 0. The van der Waals surface area contributed by atoms with E-state index < -0.39 is 0 Å². The van der Waals surface area contributed by atoms with Gasteiger partial charge >= 0.3 is 0 Å². The number of hydrogen-bond donors (Lipinski definition) is 2. The van der Waals surface area contributed by atoms with Crippen LogP contribution in [-0.2, 0) is 0 Å². The van der Waals surface area contributed by atoms with E-state index in [0.717, 1.165) is 0 Å². The number of carbonyl (C=O) groups is 1. The van der Waals surface area contributed by atoms with Gasteiger partial charge in [0.15, 0.2) is 0 Å². The summed E-state index contributed by atoms with van der Waals surface area (Å²) in [5.41, 5.74) is 1.16. The fraction of sp³-hybridized carbons (Fsp3) is 0.0714. The van der Waals surface area contributed by atoms with Crippen molar-refractivity contribution in [3.05, 3.63) is 52.7 Å². The summed E-state index contributed by atoms with van der Waals surface area (Å²) in [6.45, 7) is 0. The Balaban J connectivity index is 2.19. The van der Waals surface area contributed by atoms with Crippen LogP contribution in [-0.4, -0.2) is 17.9 Å². The smallest absolute Gasteiger partial charge is 0.274 e. The maximum absolute atomic E-state index is 12.0. The van der Waals surface area contributed by atoms with Crippen molar-refractivity contribution in [2.45, 2.75) is 0 Å². The van der Waals surface area contributed by atoms with Crippen molar-refractivity contribution in [3.63, 3.8) is 0 Å². The minimum Gasteiger partial charge on any atom is -0.373 e. The van der Waals surface area contributed by atoms with Crippen molar-refractivity contribution >= 4 is 29.0 Å². The van der Waals surface area contributed by atoms with Gasteiger partial charge in [-0.3, -0.25) is 4.79 Å². The SMILES string of the molecule is CNc1cccc(C(=O)Nc2ccc(C#N)c(Cl)c2)n1. The standard InChI is InChI=1S/C14H11ClN4O/c1-17-13-4-2-3-12(19-13)14(20)18-10-6-5-9(8-16)11(15)7-10/h2-7H,1H3,(H,17,19)(H,18,20). The van der Waals surface area contributed by atoms with E-state index in [1.54, 1.807) is 37.4 Å². The number of nitrogens with zero attached hydrogens (tertiary/aromatic N) is 2. The molecule has 2 rings (SSSR count). The molecule has 0 saturated carbocycles. The van der Waals surface area contributed by atoms with Crippen LogP contribution in [0, 0.1) is 11.3 Å². The molecule has 1 heterocycles. The van der Waals surface area contributed by atoms with Crippen LogP contribution in [0.3, 0.4) is 0 Å². The van der Waals surface area contributed by atoms with E-state index in [0.29, 0.717) is 22.1 Å². The molecule has 1 aromatic heterocycles. The molecule has 20 heavy (non-hydrogen) atoms.